The maximum absolute atomic E-state index is 12.3. The van der Waals surface area contributed by atoms with Gasteiger partial charge in [-0.2, -0.15) is 14.4 Å². The van der Waals surface area contributed by atoms with Crippen LogP contribution in [0.5, 0.6) is 0 Å². The molecule has 0 bridgehead atoms. The highest BCUT2D eigenvalue weighted by molar-refractivity contribution is 7.89. The van der Waals surface area contributed by atoms with Crippen LogP contribution in [0.25, 0.3) is 11.6 Å². The molecule has 2 aromatic heterocycles. The lowest BCUT2D eigenvalue weighted by Crippen LogP contribution is -2.32. The molecule has 1 aliphatic rings. The Bertz CT molecular complexity index is 790. The number of sulfonamides is 1. The standard InChI is InChI=1S/C12H17N5O3S/c1-7(2)21(18,19)17-5-9-10(6-17)16(4)14-11(9)12-13-8(3)15-20-12/h7H,5-6H2,1-4H3. The van der Waals surface area contributed by atoms with Gasteiger partial charge in [-0.05, 0) is 20.8 Å². The van der Waals surface area contributed by atoms with Crippen LogP contribution in [0.3, 0.4) is 0 Å². The second-order valence-corrected chi connectivity index (χ2v) is 7.90. The van der Waals surface area contributed by atoms with Gasteiger partial charge in [0.2, 0.25) is 10.0 Å². The van der Waals surface area contributed by atoms with Crippen LogP contribution in [0, 0.1) is 6.92 Å². The molecule has 2 aromatic rings. The van der Waals surface area contributed by atoms with Crippen LogP contribution >= 0.6 is 0 Å². The summed E-state index contributed by atoms with van der Waals surface area (Å²) in [5.41, 5.74) is 2.27. The van der Waals surface area contributed by atoms with Crippen molar-refractivity contribution in [2.24, 2.45) is 7.05 Å². The van der Waals surface area contributed by atoms with Gasteiger partial charge in [0.15, 0.2) is 11.5 Å². The molecule has 0 atom stereocenters. The molecule has 114 valence electrons. The highest BCUT2D eigenvalue weighted by Gasteiger charge is 2.36. The fourth-order valence-corrected chi connectivity index (χ4v) is 3.62. The molecule has 0 fully saturated rings. The quantitative estimate of drug-likeness (QED) is 0.833. The van der Waals surface area contributed by atoms with Crippen molar-refractivity contribution in [1.82, 2.24) is 24.2 Å². The Balaban J connectivity index is 2.01. The lowest BCUT2D eigenvalue weighted by Gasteiger charge is -2.18. The molecule has 0 saturated carbocycles. The van der Waals surface area contributed by atoms with Gasteiger partial charge in [-0.3, -0.25) is 4.68 Å². The van der Waals surface area contributed by atoms with Gasteiger partial charge < -0.3 is 4.52 Å². The lowest BCUT2D eigenvalue weighted by atomic mass is 10.2. The molecular formula is C12H17N5O3S. The number of hydrogen-bond donors (Lipinski definition) is 0. The number of aryl methyl sites for hydroxylation is 2. The van der Waals surface area contributed by atoms with E-state index in [1.807, 2.05) is 0 Å². The average Bonchev–Trinajstić information content (AvgIpc) is 3.06. The van der Waals surface area contributed by atoms with Crippen molar-refractivity contribution in [2.75, 3.05) is 0 Å². The van der Waals surface area contributed by atoms with Crippen LogP contribution in [0.4, 0.5) is 0 Å². The maximum atomic E-state index is 12.3. The summed E-state index contributed by atoms with van der Waals surface area (Å²) in [6.45, 7) is 5.70. The predicted octanol–water partition coefficient (Wildman–Crippen LogP) is 0.832. The van der Waals surface area contributed by atoms with E-state index in [4.69, 9.17) is 4.52 Å². The van der Waals surface area contributed by atoms with Crippen molar-refractivity contribution in [3.8, 4) is 11.6 Å². The molecule has 21 heavy (non-hydrogen) atoms. The third kappa shape index (κ3) is 2.16. The highest BCUT2D eigenvalue weighted by atomic mass is 32.2. The van der Waals surface area contributed by atoms with E-state index in [1.54, 1.807) is 32.5 Å². The van der Waals surface area contributed by atoms with Crippen molar-refractivity contribution in [2.45, 2.75) is 39.1 Å². The zero-order valence-electron chi connectivity index (χ0n) is 12.4. The first-order chi connectivity index (χ1) is 9.80. The molecule has 0 spiro atoms. The minimum absolute atomic E-state index is 0.292. The Labute approximate surface area is 122 Å². The van der Waals surface area contributed by atoms with Gasteiger partial charge in [0.05, 0.1) is 17.5 Å². The first-order valence-corrected chi connectivity index (χ1v) is 8.15. The molecule has 3 rings (SSSR count). The fraction of sp³-hybridized carbons (Fsp3) is 0.583. The molecule has 0 aromatic carbocycles. The number of nitrogens with zero attached hydrogens (tertiary/aromatic N) is 5. The molecule has 0 N–H and O–H groups in total. The lowest BCUT2D eigenvalue weighted by molar-refractivity contribution is 0.410. The summed E-state index contributed by atoms with van der Waals surface area (Å²) < 4.78 is 32.9. The first-order valence-electron chi connectivity index (χ1n) is 6.65. The fourth-order valence-electron chi connectivity index (χ4n) is 2.41. The molecule has 0 amide bonds. The van der Waals surface area contributed by atoms with Gasteiger partial charge in [0.25, 0.3) is 5.89 Å². The van der Waals surface area contributed by atoms with E-state index in [1.165, 1.54) is 4.31 Å². The molecule has 3 heterocycles. The number of hydrogen-bond acceptors (Lipinski definition) is 6. The van der Waals surface area contributed by atoms with E-state index in [9.17, 15) is 8.42 Å². The van der Waals surface area contributed by atoms with E-state index in [-0.39, 0.29) is 0 Å². The smallest absolute Gasteiger partial charge is 0.278 e. The van der Waals surface area contributed by atoms with Gasteiger partial charge in [-0.25, -0.2) is 8.42 Å². The second kappa shape index (κ2) is 4.63. The summed E-state index contributed by atoms with van der Waals surface area (Å²) in [5.74, 6) is 0.849. The number of rotatable bonds is 3. The Hall–Kier alpha value is -1.74. The van der Waals surface area contributed by atoms with Crippen LogP contribution in [-0.4, -0.2) is 37.9 Å². The average molecular weight is 311 g/mol. The first kappa shape index (κ1) is 14.2. The maximum Gasteiger partial charge on any atom is 0.278 e. The summed E-state index contributed by atoms with van der Waals surface area (Å²) in [4.78, 5) is 4.17. The Morgan fingerprint density at radius 1 is 1.29 bits per heavy atom. The van der Waals surface area contributed by atoms with Gasteiger partial charge in [0, 0.05) is 19.2 Å². The molecule has 9 heteroatoms. The third-order valence-electron chi connectivity index (χ3n) is 3.62. The molecule has 8 nitrogen and oxygen atoms in total. The zero-order valence-corrected chi connectivity index (χ0v) is 13.2. The van der Waals surface area contributed by atoms with Crippen molar-refractivity contribution in [3.63, 3.8) is 0 Å². The normalized spacial score (nSPS) is 15.9. The molecule has 0 saturated heterocycles. The van der Waals surface area contributed by atoms with E-state index in [0.717, 1.165) is 11.3 Å². The number of fused-ring (bicyclic) bond motifs is 1. The summed E-state index contributed by atoms with van der Waals surface area (Å²) in [6, 6.07) is 0. The summed E-state index contributed by atoms with van der Waals surface area (Å²) >= 11 is 0. The predicted molar refractivity (Wildman–Crippen MR) is 74.5 cm³/mol. The SMILES string of the molecule is Cc1noc(-c2nn(C)c3c2CN(S(=O)(=O)C(C)C)C3)n1. The summed E-state index contributed by atoms with van der Waals surface area (Å²) in [5, 5.41) is 7.68. The van der Waals surface area contributed by atoms with Crippen LogP contribution in [0.2, 0.25) is 0 Å². The minimum Gasteiger partial charge on any atom is -0.332 e. The molecule has 0 aliphatic carbocycles. The van der Waals surface area contributed by atoms with E-state index in [0.29, 0.717) is 30.5 Å². The van der Waals surface area contributed by atoms with Gasteiger partial charge in [-0.15, -0.1) is 0 Å². The van der Waals surface area contributed by atoms with Gasteiger partial charge >= 0.3 is 0 Å². The molecular weight excluding hydrogens is 294 g/mol. The Kier molecular flexibility index (Phi) is 3.14. The second-order valence-electron chi connectivity index (χ2n) is 5.41. The van der Waals surface area contributed by atoms with Crippen molar-refractivity contribution >= 4 is 10.0 Å². The van der Waals surface area contributed by atoms with Crippen molar-refractivity contribution in [3.05, 3.63) is 17.1 Å². The van der Waals surface area contributed by atoms with E-state index in [2.05, 4.69) is 15.2 Å². The van der Waals surface area contributed by atoms with E-state index < -0.39 is 15.3 Å². The topological polar surface area (TPSA) is 94.1 Å². The third-order valence-corrected chi connectivity index (χ3v) is 5.79. The summed E-state index contributed by atoms with van der Waals surface area (Å²) in [7, 11) is -1.51. The van der Waals surface area contributed by atoms with Gasteiger partial charge in [0.1, 0.15) is 0 Å². The number of aromatic nitrogens is 4. The highest BCUT2D eigenvalue weighted by Crippen LogP contribution is 2.33. The van der Waals surface area contributed by atoms with Crippen molar-refractivity contribution < 1.29 is 12.9 Å². The monoisotopic (exact) mass is 311 g/mol. The largest absolute Gasteiger partial charge is 0.332 e. The zero-order chi connectivity index (χ0) is 15.4. The van der Waals surface area contributed by atoms with Crippen LogP contribution in [-0.2, 0) is 30.2 Å². The Morgan fingerprint density at radius 2 is 2.00 bits per heavy atom. The summed E-state index contributed by atoms with van der Waals surface area (Å²) in [6.07, 6.45) is 0. The van der Waals surface area contributed by atoms with Crippen molar-refractivity contribution in [1.29, 1.82) is 0 Å². The minimum atomic E-state index is -3.30. The Morgan fingerprint density at radius 3 is 2.57 bits per heavy atom. The van der Waals surface area contributed by atoms with E-state index >= 15 is 0 Å². The molecule has 0 unspecified atom stereocenters. The van der Waals surface area contributed by atoms with Crippen LogP contribution < -0.4 is 0 Å². The molecule has 0 radical (unpaired) electrons. The molecule has 1 aliphatic heterocycles. The van der Waals surface area contributed by atoms with Crippen LogP contribution in [0.15, 0.2) is 4.52 Å². The van der Waals surface area contributed by atoms with Crippen LogP contribution in [0.1, 0.15) is 30.9 Å². The van der Waals surface area contributed by atoms with Gasteiger partial charge in [-0.1, -0.05) is 5.16 Å².